The topological polar surface area (TPSA) is 87.7 Å². The van der Waals surface area contributed by atoms with E-state index < -0.39 is 5.97 Å². The third kappa shape index (κ3) is 3.36. The second-order valence-corrected chi connectivity index (χ2v) is 5.71. The van der Waals surface area contributed by atoms with Crippen molar-refractivity contribution in [1.29, 1.82) is 0 Å². The Labute approximate surface area is 124 Å². The zero-order valence-electron chi connectivity index (χ0n) is 10.9. The highest BCUT2D eigenvalue weighted by atomic mass is 79.9. The van der Waals surface area contributed by atoms with Crippen LogP contribution >= 0.6 is 15.9 Å². The highest BCUT2D eigenvalue weighted by molar-refractivity contribution is 9.10. The maximum Gasteiger partial charge on any atom is 0.337 e. The van der Waals surface area contributed by atoms with Gasteiger partial charge in [0.15, 0.2) is 0 Å². The number of halogens is 1. The van der Waals surface area contributed by atoms with Gasteiger partial charge in [-0.05, 0) is 35.0 Å². The average Bonchev–Trinajstić information content (AvgIpc) is 2.36. The molecule has 0 bridgehead atoms. The van der Waals surface area contributed by atoms with Crippen molar-refractivity contribution >= 4 is 33.5 Å². The molecule has 0 aromatic heterocycles. The molecule has 1 saturated heterocycles. The number of carbonyl (C=O) groups excluding carboxylic acids is 1. The molecule has 0 radical (unpaired) electrons. The molecule has 0 spiro atoms. The van der Waals surface area contributed by atoms with Gasteiger partial charge in [-0.2, -0.15) is 0 Å². The standard InChI is InChI=1S/C13H15BrN2O4/c1-13(6-15-7-13)20-5-10(17)16-11-8(12(18)19)3-2-4-9(11)14/h2-4,15H,5-7H2,1H3,(H,16,17)(H,18,19). The molecule has 6 nitrogen and oxygen atoms in total. The first kappa shape index (κ1) is 15.0. The second-order valence-electron chi connectivity index (χ2n) is 4.86. The number of amides is 1. The Morgan fingerprint density at radius 3 is 2.75 bits per heavy atom. The highest BCUT2D eigenvalue weighted by Crippen LogP contribution is 2.26. The molecule has 0 saturated carbocycles. The number of hydrogen-bond donors (Lipinski definition) is 3. The van der Waals surface area contributed by atoms with Gasteiger partial charge >= 0.3 is 5.97 Å². The van der Waals surface area contributed by atoms with E-state index in [9.17, 15) is 9.59 Å². The van der Waals surface area contributed by atoms with Crippen LogP contribution in [0.1, 0.15) is 17.3 Å². The van der Waals surface area contributed by atoms with Crippen LogP contribution in [0, 0.1) is 0 Å². The van der Waals surface area contributed by atoms with E-state index in [0.717, 1.165) is 0 Å². The third-order valence-corrected chi connectivity index (χ3v) is 3.72. The first-order valence-electron chi connectivity index (χ1n) is 6.08. The van der Waals surface area contributed by atoms with Crippen molar-refractivity contribution in [1.82, 2.24) is 5.32 Å². The lowest BCUT2D eigenvalue weighted by Crippen LogP contribution is -2.59. The summed E-state index contributed by atoms with van der Waals surface area (Å²) in [5, 5.41) is 14.7. The van der Waals surface area contributed by atoms with Crippen LogP contribution in [0.15, 0.2) is 22.7 Å². The summed E-state index contributed by atoms with van der Waals surface area (Å²) in [4.78, 5) is 23.0. The molecular weight excluding hydrogens is 328 g/mol. The van der Waals surface area contributed by atoms with Gasteiger partial charge in [-0.15, -0.1) is 0 Å². The molecule has 0 unspecified atom stereocenters. The number of carboxylic acids is 1. The highest BCUT2D eigenvalue weighted by Gasteiger charge is 2.33. The molecule has 108 valence electrons. The van der Waals surface area contributed by atoms with E-state index >= 15 is 0 Å². The lowest BCUT2D eigenvalue weighted by atomic mass is 10.0. The molecule has 0 atom stereocenters. The second kappa shape index (κ2) is 5.90. The summed E-state index contributed by atoms with van der Waals surface area (Å²) < 4.78 is 6.02. The van der Waals surface area contributed by atoms with E-state index in [4.69, 9.17) is 9.84 Å². The smallest absolute Gasteiger partial charge is 0.337 e. The molecule has 7 heteroatoms. The quantitative estimate of drug-likeness (QED) is 0.754. The monoisotopic (exact) mass is 342 g/mol. The van der Waals surface area contributed by atoms with Gasteiger partial charge < -0.3 is 20.5 Å². The molecule has 1 heterocycles. The number of ether oxygens (including phenoxy) is 1. The first-order valence-corrected chi connectivity index (χ1v) is 6.87. The zero-order valence-corrected chi connectivity index (χ0v) is 12.5. The van der Waals surface area contributed by atoms with Crippen LogP contribution in [-0.2, 0) is 9.53 Å². The lowest BCUT2D eigenvalue weighted by Gasteiger charge is -2.38. The van der Waals surface area contributed by atoms with Gasteiger partial charge in [0, 0.05) is 17.6 Å². The Kier molecular flexibility index (Phi) is 4.42. The van der Waals surface area contributed by atoms with E-state index in [1.165, 1.54) is 6.07 Å². The first-order chi connectivity index (χ1) is 9.41. The van der Waals surface area contributed by atoms with Crippen LogP contribution in [0.25, 0.3) is 0 Å². The van der Waals surface area contributed by atoms with Crippen molar-refractivity contribution in [2.75, 3.05) is 25.0 Å². The van der Waals surface area contributed by atoms with E-state index in [1.807, 2.05) is 6.92 Å². The number of benzene rings is 1. The van der Waals surface area contributed by atoms with Crippen LogP contribution in [-0.4, -0.2) is 42.3 Å². The molecule has 1 aliphatic heterocycles. The Morgan fingerprint density at radius 2 is 2.20 bits per heavy atom. The van der Waals surface area contributed by atoms with E-state index in [1.54, 1.807) is 12.1 Å². The van der Waals surface area contributed by atoms with Crippen molar-refractivity contribution in [2.24, 2.45) is 0 Å². The van der Waals surface area contributed by atoms with Gasteiger partial charge in [0.2, 0.25) is 5.91 Å². The number of hydrogen-bond acceptors (Lipinski definition) is 4. The zero-order chi connectivity index (χ0) is 14.8. The van der Waals surface area contributed by atoms with Gasteiger partial charge in [0.1, 0.15) is 6.61 Å². The van der Waals surface area contributed by atoms with Crippen LogP contribution in [0.2, 0.25) is 0 Å². The van der Waals surface area contributed by atoms with Gasteiger partial charge in [-0.3, -0.25) is 4.79 Å². The molecule has 2 rings (SSSR count). The molecule has 1 aromatic carbocycles. The van der Waals surface area contributed by atoms with Gasteiger partial charge in [0.05, 0.1) is 16.9 Å². The minimum absolute atomic E-state index is 0.0317. The predicted octanol–water partition coefficient (Wildman–Crippen LogP) is 1.46. The molecule has 1 aliphatic rings. The summed E-state index contributed by atoms with van der Waals surface area (Å²) in [5.41, 5.74) is -0.0457. The number of para-hydroxylation sites is 1. The molecule has 1 fully saturated rings. The Bertz CT molecular complexity index is 543. The summed E-state index contributed by atoms with van der Waals surface area (Å²) in [6.45, 7) is 3.21. The van der Waals surface area contributed by atoms with Crippen LogP contribution in [0.5, 0.6) is 0 Å². The molecule has 1 aromatic rings. The number of nitrogens with one attached hydrogen (secondary N) is 2. The fraction of sp³-hybridized carbons (Fsp3) is 0.385. The summed E-state index contributed by atoms with van der Waals surface area (Å²) >= 11 is 3.23. The van der Waals surface area contributed by atoms with Gasteiger partial charge in [0.25, 0.3) is 0 Å². The van der Waals surface area contributed by atoms with Crippen molar-refractivity contribution in [3.05, 3.63) is 28.2 Å². The maximum atomic E-state index is 11.9. The number of anilines is 1. The van der Waals surface area contributed by atoms with Crippen LogP contribution in [0.3, 0.4) is 0 Å². The van der Waals surface area contributed by atoms with Crippen LogP contribution < -0.4 is 10.6 Å². The third-order valence-electron chi connectivity index (χ3n) is 3.06. The summed E-state index contributed by atoms with van der Waals surface area (Å²) in [6, 6.07) is 4.70. The number of carboxylic acid groups (broad SMARTS) is 1. The maximum absolute atomic E-state index is 11.9. The average molecular weight is 343 g/mol. The van der Waals surface area contributed by atoms with Crippen molar-refractivity contribution < 1.29 is 19.4 Å². The molecular formula is C13H15BrN2O4. The van der Waals surface area contributed by atoms with E-state index in [-0.39, 0.29) is 29.4 Å². The van der Waals surface area contributed by atoms with Crippen molar-refractivity contribution in [3.63, 3.8) is 0 Å². The largest absolute Gasteiger partial charge is 0.478 e. The minimum Gasteiger partial charge on any atom is -0.478 e. The van der Waals surface area contributed by atoms with Gasteiger partial charge in [-0.1, -0.05) is 6.07 Å². The normalized spacial score (nSPS) is 16.3. The minimum atomic E-state index is -1.10. The Balaban J connectivity index is 2.02. The Hall–Kier alpha value is -1.44. The molecule has 3 N–H and O–H groups in total. The molecule has 1 amide bonds. The number of carbonyl (C=O) groups is 2. The summed E-state index contributed by atoms with van der Waals surface area (Å²) in [6.07, 6.45) is 0. The number of rotatable bonds is 5. The lowest BCUT2D eigenvalue weighted by molar-refractivity contribution is -0.130. The van der Waals surface area contributed by atoms with Crippen LogP contribution in [0.4, 0.5) is 5.69 Å². The van der Waals surface area contributed by atoms with Crippen molar-refractivity contribution in [3.8, 4) is 0 Å². The molecule has 0 aliphatic carbocycles. The number of aromatic carboxylic acids is 1. The SMILES string of the molecule is CC1(OCC(=O)Nc2c(Br)cccc2C(=O)O)CNC1. The van der Waals surface area contributed by atoms with Gasteiger partial charge in [-0.25, -0.2) is 4.79 Å². The Morgan fingerprint density at radius 1 is 1.50 bits per heavy atom. The van der Waals surface area contributed by atoms with E-state index in [0.29, 0.717) is 17.6 Å². The van der Waals surface area contributed by atoms with Crippen molar-refractivity contribution in [2.45, 2.75) is 12.5 Å². The fourth-order valence-electron chi connectivity index (χ4n) is 1.82. The molecule has 20 heavy (non-hydrogen) atoms. The summed E-state index contributed by atoms with van der Waals surface area (Å²) in [7, 11) is 0. The predicted molar refractivity (Wildman–Crippen MR) is 77.0 cm³/mol. The fourth-order valence-corrected chi connectivity index (χ4v) is 2.29. The van der Waals surface area contributed by atoms with E-state index in [2.05, 4.69) is 26.6 Å². The summed E-state index contributed by atoms with van der Waals surface area (Å²) in [5.74, 6) is -1.48.